The van der Waals surface area contributed by atoms with E-state index in [9.17, 15) is 13.2 Å². The number of hydrogen-bond acceptors (Lipinski definition) is 4. The summed E-state index contributed by atoms with van der Waals surface area (Å²) in [7, 11) is -2.95. The molecule has 2 fully saturated rings. The second-order valence-electron chi connectivity index (χ2n) is 5.60. The van der Waals surface area contributed by atoms with Crippen molar-refractivity contribution in [3.63, 3.8) is 0 Å². The normalized spacial score (nSPS) is 32.2. The molecule has 1 amide bonds. The Balaban J connectivity index is 2.00. The monoisotopic (exact) mass is 274 g/mol. The van der Waals surface area contributed by atoms with Crippen molar-refractivity contribution in [2.24, 2.45) is 0 Å². The Morgan fingerprint density at radius 3 is 2.67 bits per heavy atom. The summed E-state index contributed by atoms with van der Waals surface area (Å²) in [6.07, 6.45) is 2.28. The number of carbonyl (C=O) groups excluding carboxylic acids is 1. The predicted molar refractivity (Wildman–Crippen MR) is 70.1 cm³/mol. The number of nitrogens with one attached hydrogen (secondary N) is 1. The van der Waals surface area contributed by atoms with Gasteiger partial charge >= 0.3 is 0 Å². The molecule has 0 aromatic rings. The standard InChI is InChI=1S/C12H22N2O3S/c1-9(2)13-11-5-6-14(12(11)15)10-4-3-7-18(16,17)8-10/h9-11,13H,3-8H2,1-2H3. The summed E-state index contributed by atoms with van der Waals surface area (Å²) in [5.74, 6) is 0.498. The Bertz CT molecular complexity index is 419. The molecule has 104 valence electrons. The first-order chi connectivity index (χ1) is 8.39. The number of rotatable bonds is 3. The average Bonchev–Trinajstić information content (AvgIpc) is 2.58. The number of nitrogens with zero attached hydrogens (tertiary/aromatic N) is 1. The van der Waals surface area contributed by atoms with Gasteiger partial charge in [0.05, 0.1) is 17.5 Å². The minimum atomic E-state index is -2.95. The lowest BCUT2D eigenvalue weighted by Gasteiger charge is -2.31. The molecule has 2 atom stereocenters. The molecule has 2 saturated heterocycles. The molecule has 0 spiro atoms. The van der Waals surface area contributed by atoms with Gasteiger partial charge in [0.1, 0.15) is 0 Å². The largest absolute Gasteiger partial charge is 0.337 e. The Hall–Kier alpha value is -0.620. The van der Waals surface area contributed by atoms with E-state index >= 15 is 0 Å². The van der Waals surface area contributed by atoms with Crippen LogP contribution in [0.1, 0.15) is 33.1 Å². The maximum absolute atomic E-state index is 12.2. The van der Waals surface area contributed by atoms with E-state index in [4.69, 9.17) is 0 Å². The average molecular weight is 274 g/mol. The maximum Gasteiger partial charge on any atom is 0.240 e. The van der Waals surface area contributed by atoms with E-state index in [2.05, 4.69) is 5.32 Å². The summed E-state index contributed by atoms with van der Waals surface area (Å²) >= 11 is 0. The molecule has 1 N–H and O–H groups in total. The van der Waals surface area contributed by atoms with Gasteiger partial charge in [0.2, 0.25) is 5.91 Å². The Morgan fingerprint density at radius 1 is 1.33 bits per heavy atom. The zero-order valence-electron chi connectivity index (χ0n) is 11.1. The lowest BCUT2D eigenvalue weighted by atomic mass is 10.1. The van der Waals surface area contributed by atoms with Gasteiger partial charge in [-0.2, -0.15) is 0 Å². The number of carbonyl (C=O) groups is 1. The molecule has 2 rings (SSSR count). The first-order valence-corrected chi connectivity index (χ1v) is 8.48. The van der Waals surface area contributed by atoms with Crippen LogP contribution in [0.25, 0.3) is 0 Å². The second-order valence-corrected chi connectivity index (χ2v) is 7.83. The van der Waals surface area contributed by atoms with Crippen molar-refractivity contribution in [1.29, 1.82) is 0 Å². The van der Waals surface area contributed by atoms with Gasteiger partial charge in [0.15, 0.2) is 9.84 Å². The van der Waals surface area contributed by atoms with Crippen molar-refractivity contribution in [1.82, 2.24) is 10.2 Å². The van der Waals surface area contributed by atoms with Crippen LogP contribution >= 0.6 is 0 Å². The van der Waals surface area contributed by atoms with Crippen LogP contribution in [-0.4, -0.2) is 55.4 Å². The molecule has 0 aromatic carbocycles. The molecule has 6 heteroatoms. The van der Waals surface area contributed by atoms with E-state index in [-0.39, 0.29) is 35.5 Å². The summed E-state index contributed by atoms with van der Waals surface area (Å²) in [6.45, 7) is 4.71. The number of sulfone groups is 1. The Labute approximate surface area is 109 Å². The molecule has 0 aliphatic carbocycles. The maximum atomic E-state index is 12.2. The SMILES string of the molecule is CC(C)NC1CCN(C2CCCS(=O)(=O)C2)C1=O. The topological polar surface area (TPSA) is 66.5 Å². The first-order valence-electron chi connectivity index (χ1n) is 6.66. The molecular weight excluding hydrogens is 252 g/mol. The molecule has 2 heterocycles. The fourth-order valence-electron chi connectivity index (χ4n) is 2.87. The zero-order valence-corrected chi connectivity index (χ0v) is 11.9. The van der Waals surface area contributed by atoms with Crippen molar-refractivity contribution in [2.45, 2.75) is 51.2 Å². The van der Waals surface area contributed by atoms with Gasteiger partial charge in [-0.25, -0.2) is 8.42 Å². The molecule has 0 bridgehead atoms. The Morgan fingerprint density at radius 2 is 2.06 bits per heavy atom. The van der Waals surface area contributed by atoms with Crippen LogP contribution < -0.4 is 5.32 Å². The highest BCUT2D eigenvalue weighted by atomic mass is 32.2. The highest BCUT2D eigenvalue weighted by Crippen LogP contribution is 2.23. The first kappa shape index (κ1) is 13.8. The van der Waals surface area contributed by atoms with Crippen LogP contribution in [0, 0.1) is 0 Å². The Kier molecular flexibility index (Phi) is 3.96. The van der Waals surface area contributed by atoms with E-state index in [0.29, 0.717) is 13.0 Å². The molecule has 0 aromatic heterocycles. The van der Waals surface area contributed by atoms with Crippen LogP contribution in [0.5, 0.6) is 0 Å². The molecular formula is C12H22N2O3S. The highest BCUT2D eigenvalue weighted by molar-refractivity contribution is 7.91. The van der Waals surface area contributed by atoms with Crippen molar-refractivity contribution >= 4 is 15.7 Å². The summed E-state index contributed by atoms with van der Waals surface area (Å²) in [5, 5.41) is 3.24. The van der Waals surface area contributed by atoms with Gasteiger partial charge < -0.3 is 10.2 Å². The number of hydrogen-bond donors (Lipinski definition) is 1. The third-order valence-corrected chi connectivity index (χ3v) is 5.46. The van der Waals surface area contributed by atoms with Gasteiger partial charge in [-0.05, 0) is 19.3 Å². The minimum Gasteiger partial charge on any atom is -0.337 e. The third-order valence-electron chi connectivity index (χ3n) is 3.65. The smallest absolute Gasteiger partial charge is 0.240 e. The highest BCUT2D eigenvalue weighted by Gasteiger charge is 2.38. The van der Waals surface area contributed by atoms with Gasteiger partial charge in [0.25, 0.3) is 0 Å². The van der Waals surface area contributed by atoms with Crippen LogP contribution in [0.4, 0.5) is 0 Å². The van der Waals surface area contributed by atoms with Gasteiger partial charge in [0, 0.05) is 18.6 Å². The minimum absolute atomic E-state index is 0.0748. The molecule has 18 heavy (non-hydrogen) atoms. The van der Waals surface area contributed by atoms with Crippen LogP contribution in [-0.2, 0) is 14.6 Å². The molecule has 0 saturated carbocycles. The van der Waals surface area contributed by atoms with Crippen molar-refractivity contribution in [3.8, 4) is 0 Å². The van der Waals surface area contributed by atoms with Crippen molar-refractivity contribution in [2.75, 3.05) is 18.1 Å². The van der Waals surface area contributed by atoms with E-state index in [1.165, 1.54) is 0 Å². The number of amides is 1. The molecule has 2 unspecified atom stereocenters. The summed E-state index contributed by atoms with van der Waals surface area (Å²) in [5.41, 5.74) is 0. The fraction of sp³-hybridized carbons (Fsp3) is 0.917. The van der Waals surface area contributed by atoms with Crippen molar-refractivity contribution in [3.05, 3.63) is 0 Å². The predicted octanol–water partition coefficient (Wildman–Crippen LogP) is 0.163. The molecule has 0 radical (unpaired) electrons. The van der Waals surface area contributed by atoms with E-state index < -0.39 is 9.84 Å². The molecule has 2 aliphatic rings. The molecule has 5 nitrogen and oxygen atoms in total. The van der Waals surface area contributed by atoms with E-state index in [1.807, 2.05) is 13.8 Å². The lowest BCUT2D eigenvalue weighted by Crippen LogP contribution is -2.48. The van der Waals surface area contributed by atoms with Gasteiger partial charge in [-0.3, -0.25) is 4.79 Å². The third kappa shape index (κ3) is 3.03. The zero-order chi connectivity index (χ0) is 13.3. The molecule has 2 aliphatic heterocycles. The summed E-state index contributed by atoms with van der Waals surface area (Å²) in [4.78, 5) is 14.0. The fourth-order valence-corrected chi connectivity index (χ4v) is 4.57. The van der Waals surface area contributed by atoms with E-state index in [0.717, 1.165) is 12.8 Å². The quantitative estimate of drug-likeness (QED) is 0.796. The summed E-state index contributed by atoms with van der Waals surface area (Å²) < 4.78 is 23.3. The summed E-state index contributed by atoms with van der Waals surface area (Å²) in [6, 6.07) is 0.0406. The lowest BCUT2D eigenvalue weighted by molar-refractivity contribution is -0.131. The van der Waals surface area contributed by atoms with E-state index in [1.54, 1.807) is 4.90 Å². The van der Waals surface area contributed by atoms with Crippen LogP contribution in [0.15, 0.2) is 0 Å². The van der Waals surface area contributed by atoms with Crippen molar-refractivity contribution < 1.29 is 13.2 Å². The van der Waals surface area contributed by atoms with Gasteiger partial charge in [-0.1, -0.05) is 13.8 Å². The number of likely N-dealkylation sites (tertiary alicyclic amines) is 1. The second kappa shape index (κ2) is 5.17. The van der Waals surface area contributed by atoms with Gasteiger partial charge in [-0.15, -0.1) is 0 Å². The van der Waals surface area contributed by atoms with Crippen LogP contribution in [0.3, 0.4) is 0 Å². The van der Waals surface area contributed by atoms with Crippen LogP contribution in [0.2, 0.25) is 0 Å².